The molecule has 0 saturated heterocycles. The van der Waals surface area contributed by atoms with E-state index in [-0.39, 0.29) is 5.91 Å². The number of ether oxygens (including phenoxy) is 1. The van der Waals surface area contributed by atoms with Gasteiger partial charge in [0, 0.05) is 25.2 Å². The van der Waals surface area contributed by atoms with Crippen molar-refractivity contribution in [1.82, 2.24) is 5.43 Å². The molecule has 5 heteroatoms. The zero-order chi connectivity index (χ0) is 16.5. The Bertz CT molecular complexity index is 578. The third kappa shape index (κ3) is 4.90. The fraction of sp³-hybridized carbons (Fsp3) is 0.500. The first-order chi connectivity index (χ1) is 11.3. The van der Waals surface area contributed by atoms with Crippen LogP contribution in [0.2, 0.25) is 0 Å². The van der Waals surface area contributed by atoms with E-state index in [1.165, 1.54) is 7.11 Å². The highest BCUT2D eigenvalue weighted by atomic mass is 16.5. The molecule has 1 aromatic carbocycles. The maximum absolute atomic E-state index is 12.3. The number of nitrogens with zero attached hydrogens (tertiary/aromatic N) is 2. The molecule has 0 unspecified atom stereocenters. The van der Waals surface area contributed by atoms with Gasteiger partial charge in [-0.1, -0.05) is 36.8 Å². The molecule has 5 nitrogen and oxygen atoms in total. The van der Waals surface area contributed by atoms with Crippen LogP contribution < -0.4 is 5.43 Å². The number of hydrogen-bond acceptors (Lipinski definition) is 4. The first kappa shape index (κ1) is 17.2. The van der Waals surface area contributed by atoms with E-state index in [0.717, 1.165) is 43.4 Å². The van der Waals surface area contributed by atoms with Crippen molar-refractivity contribution in [2.75, 3.05) is 7.11 Å². The molecule has 1 aliphatic carbocycles. The van der Waals surface area contributed by atoms with Gasteiger partial charge in [0.25, 0.3) is 5.91 Å². The summed E-state index contributed by atoms with van der Waals surface area (Å²) < 4.78 is 5.31. The zero-order valence-corrected chi connectivity index (χ0v) is 13.5. The summed E-state index contributed by atoms with van der Waals surface area (Å²) in [5, 5.41) is 13.1. The molecule has 122 valence electrons. The maximum atomic E-state index is 12.3. The molecule has 0 heterocycles. The monoisotopic (exact) mass is 313 g/mol. The van der Waals surface area contributed by atoms with Gasteiger partial charge in [0.2, 0.25) is 0 Å². The molecule has 0 radical (unpaired) electrons. The predicted molar refractivity (Wildman–Crippen MR) is 88.6 cm³/mol. The number of methoxy groups -OCH3 is 1. The van der Waals surface area contributed by atoms with Gasteiger partial charge >= 0.3 is 0 Å². The van der Waals surface area contributed by atoms with Crippen LogP contribution in [0.1, 0.15) is 50.2 Å². The Labute approximate surface area is 137 Å². The van der Waals surface area contributed by atoms with Crippen molar-refractivity contribution in [3.8, 4) is 6.07 Å². The van der Waals surface area contributed by atoms with Crippen LogP contribution >= 0.6 is 0 Å². The summed E-state index contributed by atoms with van der Waals surface area (Å²) in [5.74, 6) is 0.0391. The molecule has 1 aromatic rings. The minimum atomic E-state index is -0.665. The maximum Gasteiger partial charge on any atom is 0.273 e. The third-order valence-corrected chi connectivity index (χ3v) is 4.20. The van der Waals surface area contributed by atoms with Gasteiger partial charge in [-0.25, -0.2) is 5.43 Å². The SMILES string of the molecule is CO[C@H](C(=O)N/N=C1/CCCC[C@@H]1CCC#N)c1ccccc1. The number of nitriles is 1. The Hall–Kier alpha value is -2.19. The van der Waals surface area contributed by atoms with Crippen molar-refractivity contribution in [2.24, 2.45) is 11.0 Å². The van der Waals surface area contributed by atoms with Gasteiger partial charge in [0.1, 0.15) is 0 Å². The Balaban J connectivity index is 2.01. The molecule has 2 rings (SSSR count). The largest absolute Gasteiger partial charge is 0.367 e. The standard InChI is InChI=1S/C18H23N3O2/c1-23-17(15-9-3-2-4-10-15)18(22)21-20-16-12-6-5-8-14(16)11-7-13-19/h2-4,9-10,14,17H,5-8,11-12H2,1H3,(H,21,22)/b20-16-/t14-,17+/m1/s1. The van der Waals surface area contributed by atoms with Crippen LogP contribution in [-0.2, 0) is 9.53 Å². The summed E-state index contributed by atoms with van der Waals surface area (Å²) >= 11 is 0. The fourth-order valence-electron chi connectivity index (χ4n) is 2.97. The average Bonchev–Trinajstić information content (AvgIpc) is 2.60. The van der Waals surface area contributed by atoms with Crippen LogP contribution in [0.15, 0.2) is 35.4 Å². The molecular formula is C18H23N3O2. The molecule has 2 atom stereocenters. The average molecular weight is 313 g/mol. The minimum Gasteiger partial charge on any atom is -0.367 e. The first-order valence-electron chi connectivity index (χ1n) is 8.07. The number of hydrogen-bond donors (Lipinski definition) is 1. The van der Waals surface area contributed by atoms with E-state index >= 15 is 0 Å². The van der Waals surface area contributed by atoms with Crippen LogP contribution in [0.25, 0.3) is 0 Å². The van der Waals surface area contributed by atoms with Gasteiger partial charge in [-0.15, -0.1) is 0 Å². The van der Waals surface area contributed by atoms with E-state index in [1.807, 2.05) is 30.3 Å². The molecule has 0 aromatic heterocycles. The first-order valence-corrected chi connectivity index (χ1v) is 8.07. The van der Waals surface area contributed by atoms with Crippen molar-refractivity contribution < 1.29 is 9.53 Å². The third-order valence-electron chi connectivity index (χ3n) is 4.20. The van der Waals surface area contributed by atoms with Crippen molar-refractivity contribution in [2.45, 2.75) is 44.6 Å². The smallest absolute Gasteiger partial charge is 0.273 e. The van der Waals surface area contributed by atoms with Crippen LogP contribution in [0.5, 0.6) is 0 Å². The number of carbonyl (C=O) groups is 1. The number of carbonyl (C=O) groups excluding carboxylic acids is 1. The van der Waals surface area contributed by atoms with Gasteiger partial charge in [-0.2, -0.15) is 10.4 Å². The van der Waals surface area contributed by atoms with E-state index in [0.29, 0.717) is 12.3 Å². The molecule has 0 bridgehead atoms. The van der Waals surface area contributed by atoms with Crippen LogP contribution in [-0.4, -0.2) is 18.7 Å². The van der Waals surface area contributed by atoms with Crippen LogP contribution in [0.4, 0.5) is 0 Å². The van der Waals surface area contributed by atoms with Crippen molar-refractivity contribution in [1.29, 1.82) is 5.26 Å². The Kier molecular flexibility index (Phi) is 6.76. The Morgan fingerprint density at radius 1 is 1.43 bits per heavy atom. The fourth-order valence-corrected chi connectivity index (χ4v) is 2.97. The Morgan fingerprint density at radius 2 is 2.22 bits per heavy atom. The lowest BCUT2D eigenvalue weighted by molar-refractivity contribution is -0.131. The minimum absolute atomic E-state index is 0.268. The quantitative estimate of drug-likeness (QED) is 0.818. The highest BCUT2D eigenvalue weighted by Crippen LogP contribution is 2.25. The topological polar surface area (TPSA) is 74.5 Å². The summed E-state index contributed by atoms with van der Waals surface area (Å²) in [4.78, 5) is 12.3. The molecule has 1 N–H and O–H groups in total. The molecule has 1 amide bonds. The van der Waals surface area contributed by atoms with E-state index < -0.39 is 6.10 Å². The second-order valence-corrected chi connectivity index (χ2v) is 5.75. The molecule has 1 saturated carbocycles. The van der Waals surface area contributed by atoms with Gasteiger partial charge in [0.15, 0.2) is 6.10 Å². The summed E-state index contributed by atoms with van der Waals surface area (Å²) in [5.41, 5.74) is 4.46. The second-order valence-electron chi connectivity index (χ2n) is 5.75. The Morgan fingerprint density at radius 3 is 2.91 bits per heavy atom. The summed E-state index contributed by atoms with van der Waals surface area (Å²) in [6.07, 6.45) is 4.86. The molecule has 0 spiro atoms. The van der Waals surface area contributed by atoms with Crippen molar-refractivity contribution in [3.63, 3.8) is 0 Å². The van der Waals surface area contributed by atoms with E-state index in [1.54, 1.807) is 0 Å². The van der Waals surface area contributed by atoms with E-state index in [2.05, 4.69) is 16.6 Å². The highest BCUT2D eigenvalue weighted by Gasteiger charge is 2.23. The number of nitrogens with one attached hydrogen (secondary N) is 1. The number of rotatable bonds is 6. The lowest BCUT2D eigenvalue weighted by Gasteiger charge is -2.23. The number of hydrazone groups is 1. The van der Waals surface area contributed by atoms with E-state index in [9.17, 15) is 4.79 Å². The predicted octanol–water partition coefficient (Wildman–Crippen LogP) is 3.34. The van der Waals surface area contributed by atoms with Gasteiger partial charge in [-0.05, 0) is 31.2 Å². The molecule has 1 fully saturated rings. The van der Waals surface area contributed by atoms with Gasteiger partial charge < -0.3 is 4.74 Å². The lowest BCUT2D eigenvalue weighted by Crippen LogP contribution is -2.30. The molecule has 23 heavy (non-hydrogen) atoms. The summed E-state index contributed by atoms with van der Waals surface area (Å²) in [7, 11) is 1.51. The lowest BCUT2D eigenvalue weighted by atomic mass is 9.84. The summed E-state index contributed by atoms with van der Waals surface area (Å²) in [6, 6.07) is 11.6. The number of amides is 1. The van der Waals surface area contributed by atoms with Crippen LogP contribution in [0.3, 0.4) is 0 Å². The van der Waals surface area contributed by atoms with Crippen LogP contribution in [0, 0.1) is 17.2 Å². The number of benzene rings is 1. The van der Waals surface area contributed by atoms with Crippen molar-refractivity contribution >= 4 is 11.6 Å². The molecular weight excluding hydrogens is 290 g/mol. The molecule has 1 aliphatic rings. The van der Waals surface area contributed by atoms with E-state index in [4.69, 9.17) is 10.00 Å². The summed E-state index contributed by atoms with van der Waals surface area (Å²) in [6.45, 7) is 0. The normalized spacial score (nSPS) is 20.7. The molecule has 0 aliphatic heterocycles. The van der Waals surface area contributed by atoms with Gasteiger partial charge in [-0.3, -0.25) is 4.79 Å². The van der Waals surface area contributed by atoms with Gasteiger partial charge in [0.05, 0.1) is 6.07 Å². The van der Waals surface area contributed by atoms with Crippen molar-refractivity contribution in [3.05, 3.63) is 35.9 Å². The second kappa shape index (κ2) is 9.06. The zero-order valence-electron chi connectivity index (χ0n) is 13.5. The highest BCUT2D eigenvalue weighted by molar-refractivity contribution is 5.89.